The van der Waals surface area contributed by atoms with Crippen molar-refractivity contribution in [3.63, 3.8) is 0 Å². The first-order valence-electron chi connectivity index (χ1n) is 4.17. The van der Waals surface area contributed by atoms with Crippen LogP contribution in [-0.2, 0) is 9.53 Å². The molecule has 0 aromatic carbocycles. The van der Waals surface area contributed by atoms with Crippen LogP contribution < -0.4 is 10.9 Å². The molecule has 0 fully saturated rings. The average Bonchev–Trinajstić information content (AvgIpc) is 2.25. The Labute approximate surface area is 85.3 Å². The molecule has 2 N–H and O–H groups in total. The summed E-state index contributed by atoms with van der Waals surface area (Å²) in [5.74, 6) is -1.04. The molecule has 0 aliphatic carbocycles. The molecule has 6 nitrogen and oxygen atoms in total. The van der Waals surface area contributed by atoms with E-state index >= 15 is 0 Å². The van der Waals surface area contributed by atoms with Gasteiger partial charge >= 0.3 is 5.97 Å². The number of carbonyl (C=O) groups excluding carboxylic acids is 2. The molecule has 0 aliphatic heterocycles. The first-order chi connectivity index (χ1) is 7.13. The van der Waals surface area contributed by atoms with Crippen LogP contribution in [0.4, 0.5) is 0 Å². The molecule has 80 valence electrons. The number of hydrogen-bond acceptors (Lipinski definition) is 4. The molecule has 0 aliphatic rings. The van der Waals surface area contributed by atoms with Crippen LogP contribution in [0.25, 0.3) is 0 Å². The Balaban J connectivity index is 2.62. The van der Waals surface area contributed by atoms with E-state index in [4.69, 9.17) is 0 Å². The molecule has 0 saturated heterocycles. The minimum atomic E-state index is -0.548. The first kappa shape index (κ1) is 11.0. The largest absolute Gasteiger partial charge is 0.468 e. The Bertz CT molecular complexity index is 424. The van der Waals surface area contributed by atoms with Crippen molar-refractivity contribution in [3.8, 4) is 0 Å². The molecular formula is C9H10N2O4. The Hall–Kier alpha value is -2.11. The van der Waals surface area contributed by atoms with Gasteiger partial charge in [-0.05, 0) is 6.07 Å². The van der Waals surface area contributed by atoms with Gasteiger partial charge in [-0.15, -0.1) is 0 Å². The third-order valence-corrected chi connectivity index (χ3v) is 1.66. The van der Waals surface area contributed by atoms with Gasteiger partial charge in [0.1, 0.15) is 6.54 Å². The van der Waals surface area contributed by atoms with E-state index in [2.05, 4.69) is 15.0 Å². The van der Waals surface area contributed by atoms with E-state index in [0.717, 1.165) is 6.07 Å². The second-order valence-electron chi connectivity index (χ2n) is 2.70. The summed E-state index contributed by atoms with van der Waals surface area (Å²) >= 11 is 0. The van der Waals surface area contributed by atoms with Crippen molar-refractivity contribution in [2.45, 2.75) is 0 Å². The number of H-pyrrole nitrogens is 1. The summed E-state index contributed by atoms with van der Waals surface area (Å²) in [6.45, 7) is -0.220. The fourth-order valence-corrected chi connectivity index (χ4v) is 0.913. The van der Waals surface area contributed by atoms with Crippen LogP contribution in [0.3, 0.4) is 0 Å². The highest BCUT2D eigenvalue weighted by Gasteiger charge is 2.07. The number of rotatable bonds is 3. The zero-order valence-corrected chi connectivity index (χ0v) is 8.07. The van der Waals surface area contributed by atoms with Gasteiger partial charge in [-0.3, -0.25) is 14.4 Å². The highest BCUT2D eigenvalue weighted by atomic mass is 16.5. The van der Waals surface area contributed by atoms with Crippen molar-refractivity contribution in [3.05, 3.63) is 34.2 Å². The van der Waals surface area contributed by atoms with Crippen LogP contribution in [0.15, 0.2) is 23.1 Å². The number of nitrogens with one attached hydrogen (secondary N) is 2. The van der Waals surface area contributed by atoms with E-state index < -0.39 is 11.9 Å². The van der Waals surface area contributed by atoms with E-state index in [-0.39, 0.29) is 17.7 Å². The predicted molar refractivity (Wildman–Crippen MR) is 51.4 cm³/mol. The van der Waals surface area contributed by atoms with Crippen molar-refractivity contribution < 1.29 is 14.3 Å². The van der Waals surface area contributed by atoms with Gasteiger partial charge in [0, 0.05) is 17.8 Å². The molecule has 6 heteroatoms. The number of methoxy groups -OCH3 is 1. The van der Waals surface area contributed by atoms with E-state index in [1.54, 1.807) is 0 Å². The Morgan fingerprint density at radius 2 is 2.27 bits per heavy atom. The third-order valence-electron chi connectivity index (χ3n) is 1.66. The monoisotopic (exact) mass is 210 g/mol. The van der Waals surface area contributed by atoms with E-state index in [1.807, 2.05) is 0 Å². The molecule has 0 spiro atoms. The fraction of sp³-hybridized carbons (Fsp3) is 0.222. The van der Waals surface area contributed by atoms with E-state index in [9.17, 15) is 14.4 Å². The SMILES string of the molecule is COC(=O)CNC(=O)c1cc[nH]c(=O)c1. The van der Waals surface area contributed by atoms with Crippen LogP contribution in [0, 0.1) is 0 Å². The van der Waals surface area contributed by atoms with Crippen LogP contribution in [0.1, 0.15) is 10.4 Å². The number of aromatic amines is 1. The second kappa shape index (κ2) is 4.94. The molecule has 1 aromatic rings. The van der Waals surface area contributed by atoms with Gasteiger partial charge in [0.15, 0.2) is 0 Å². The number of carbonyl (C=O) groups is 2. The maximum Gasteiger partial charge on any atom is 0.325 e. The number of esters is 1. The van der Waals surface area contributed by atoms with E-state index in [0.29, 0.717) is 0 Å². The maximum atomic E-state index is 11.3. The Morgan fingerprint density at radius 3 is 2.87 bits per heavy atom. The van der Waals surface area contributed by atoms with Gasteiger partial charge in [-0.2, -0.15) is 0 Å². The standard InChI is InChI=1S/C9H10N2O4/c1-15-8(13)5-11-9(14)6-2-3-10-7(12)4-6/h2-4H,5H2,1H3,(H,10,12)(H,11,14). The molecule has 1 heterocycles. The minimum absolute atomic E-state index is 0.197. The second-order valence-corrected chi connectivity index (χ2v) is 2.70. The summed E-state index contributed by atoms with van der Waals surface area (Å²) in [5.41, 5.74) is -0.177. The molecule has 0 radical (unpaired) electrons. The van der Waals surface area contributed by atoms with Gasteiger partial charge in [-0.25, -0.2) is 0 Å². The molecule has 1 aromatic heterocycles. The van der Waals surface area contributed by atoms with Crippen LogP contribution >= 0.6 is 0 Å². The smallest absolute Gasteiger partial charge is 0.325 e. The quantitative estimate of drug-likeness (QED) is 0.644. The molecular weight excluding hydrogens is 200 g/mol. The summed E-state index contributed by atoms with van der Waals surface area (Å²) in [5, 5.41) is 2.31. The molecule has 15 heavy (non-hydrogen) atoms. The number of aromatic nitrogens is 1. The highest BCUT2D eigenvalue weighted by Crippen LogP contribution is 1.91. The topological polar surface area (TPSA) is 88.3 Å². The zero-order chi connectivity index (χ0) is 11.3. The Kier molecular flexibility index (Phi) is 3.61. The molecule has 0 saturated carbocycles. The molecule has 0 unspecified atom stereocenters. The summed E-state index contributed by atoms with van der Waals surface area (Å²) in [6, 6.07) is 2.58. The summed E-state index contributed by atoms with van der Waals surface area (Å²) in [6.07, 6.45) is 1.36. The van der Waals surface area contributed by atoms with Crippen molar-refractivity contribution in [1.29, 1.82) is 0 Å². The lowest BCUT2D eigenvalue weighted by Gasteiger charge is -2.02. The van der Waals surface area contributed by atoms with Gasteiger partial charge < -0.3 is 15.0 Å². The molecule has 0 bridgehead atoms. The first-order valence-corrected chi connectivity index (χ1v) is 4.17. The lowest BCUT2D eigenvalue weighted by atomic mass is 10.2. The fourth-order valence-electron chi connectivity index (χ4n) is 0.913. The van der Waals surface area contributed by atoms with Gasteiger partial charge in [0.2, 0.25) is 5.56 Å². The van der Waals surface area contributed by atoms with Crippen molar-refractivity contribution in [1.82, 2.24) is 10.3 Å². The average molecular weight is 210 g/mol. The number of amides is 1. The van der Waals surface area contributed by atoms with Gasteiger partial charge in [0.25, 0.3) is 5.91 Å². The van der Waals surface area contributed by atoms with Crippen LogP contribution in [0.5, 0.6) is 0 Å². The van der Waals surface area contributed by atoms with Crippen molar-refractivity contribution in [2.24, 2.45) is 0 Å². The number of pyridine rings is 1. The van der Waals surface area contributed by atoms with Gasteiger partial charge in [-0.1, -0.05) is 0 Å². The van der Waals surface area contributed by atoms with E-state index in [1.165, 1.54) is 19.4 Å². The van der Waals surface area contributed by atoms with Crippen molar-refractivity contribution in [2.75, 3.05) is 13.7 Å². The van der Waals surface area contributed by atoms with Crippen molar-refractivity contribution >= 4 is 11.9 Å². The Morgan fingerprint density at radius 1 is 1.53 bits per heavy atom. The molecule has 0 atom stereocenters. The maximum absolute atomic E-state index is 11.3. The number of ether oxygens (including phenoxy) is 1. The highest BCUT2D eigenvalue weighted by molar-refractivity contribution is 5.95. The molecule has 1 rings (SSSR count). The summed E-state index contributed by atoms with van der Waals surface area (Å²) in [7, 11) is 1.22. The lowest BCUT2D eigenvalue weighted by molar-refractivity contribution is -0.139. The predicted octanol–water partition coefficient (Wildman–Crippen LogP) is -0.722. The third kappa shape index (κ3) is 3.26. The normalized spacial score (nSPS) is 9.40. The summed E-state index contributed by atoms with van der Waals surface area (Å²) in [4.78, 5) is 35.3. The van der Waals surface area contributed by atoms with Gasteiger partial charge in [0.05, 0.1) is 7.11 Å². The zero-order valence-electron chi connectivity index (χ0n) is 8.07. The van der Waals surface area contributed by atoms with Crippen LogP contribution in [0.2, 0.25) is 0 Å². The number of hydrogen-bond donors (Lipinski definition) is 2. The molecule has 1 amide bonds. The minimum Gasteiger partial charge on any atom is -0.468 e. The lowest BCUT2D eigenvalue weighted by Crippen LogP contribution is -2.30. The summed E-state index contributed by atoms with van der Waals surface area (Å²) < 4.78 is 4.34. The van der Waals surface area contributed by atoms with Crippen LogP contribution in [-0.4, -0.2) is 30.5 Å².